The van der Waals surface area contributed by atoms with Crippen LogP contribution < -0.4 is 25.4 Å². The molecular weight excluding hydrogens is 442 g/mol. The van der Waals surface area contributed by atoms with E-state index in [4.69, 9.17) is 14.9 Å². The quantitative estimate of drug-likeness (QED) is 0.413. The summed E-state index contributed by atoms with van der Waals surface area (Å²) in [4.78, 5) is 14.3. The highest BCUT2D eigenvalue weighted by atomic mass is 16.5. The standard InChI is InChI=1S/C27H37N5O3/c1-17(30-27(33)29-2)13-20-14-24(34-3)25(35-4)15-22(20)26(28)19-5-7-21(8-6-19)31-23-16-32-11-9-18(23)10-12-32/h5-8,14-15,17-18,23,28,31H,9-13,16H2,1-4H3,(H2,29,30,33)/t17-,23?/m0/s1. The molecule has 0 spiro atoms. The van der Waals surface area contributed by atoms with Crippen LogP contribution in [0.15, 0.2) is 36.4 Å². The number of hydrogen-bond acceptors (Lipinski definition) is 6. The summed E-state index contributed by atoms with van der Waals surface area (Å²) in [5.41, 5.74) is 3.99. The molecule has 3 heterocycles. The Balaban J connectivity index is 1.54. The van der Waals surface area contributed by atoms with Crippen molar-refractivity contribution in [2.24, 2.45) is 5.92 Å². The molecule has 1 unspecified atom stereocenters. The van der Waals surface area contributed by atoms with Crippen LogP contribution in [-0.4, -0.2) is 69.6 Å². The molecule has 0 aromatic heterocycles. The van der Waals surface area contributed by atoms with E-state index in [9.17, 15) is 4.79 Å². The molecule has 0 saturated carbocycles. The molecule has 3 aliphatic heterocycles. The van der Waals surface area contributed by atoms with Gasteiger partial charge >= 0.3 is 6.03 Å². The Labute approximate surface area is 207 Å². The number of nitrogens with zero attached hydrogens (tertiary/aromatic N) is 1. The van der Waals surface area contributed by atoms with E-state index in [1.165, 1.54) is 25.9 Å². The number of amides is 2. The number of benzene rings is 2. The summed E-state index contributed by atoms with van der Waals surface area (Å²) in [6.45, 7) is 5.50. The number of anilines is 1. The van der Waals surface area contributed by atoms with E-state index in [1.54, 1.807) is 21.3 Å². The van der Waals surface area contributed by atoms with Gasteiger partial charge in [-0.1, -0.05) is 12.1 Å². The highest BCUT2D eigenvalue weighted by molar-refractivity contribution is 6.12. The van der Waals surface area contributed by atoms with Crippen molar-refractivity contribution in [3.63, 3.8) is 0 Å². The molecule has 2 bridgehead atoms. The van der Waals surface area contributed by atoms with E-state index < -0.39 is 0 Å². The lowest BCUT2D eigenvalue weighted by Crippen LogP contribution is -2.53. The molecule has 2 aromatic rings. The predicted octanol–water partition coefficient (Wildman–Crippen LogP) is 3.49. The maximum absolute atomic E-state index is 11.8. The lowest BCUT2D eigenvalue weighted by Gasteiger charge is -2.45. The number of ether oxygens (including phenoxy) is 2. The number of carbonyl (C=O) groups is 1. The zero-order valence-corrected chi connectivity index (χ0v) is 21.1. The zero-order valence-electron chi connectivity index (χ0n) is 21.1. The van der Waals surface area contributed by atoms with E-state index in [2.05, 4.69) is 33.0 Å². The van der Waals surface area contributed by atoms with Gasteiger partial charge in [0.25, 0.3) is 0 Å². The summed E-state index contributed by atoms with van der Waals surface area (Å²) in [5, 5.41) is 18.2. The molecule has 4 N–H and O–H groups in total. The fourth-order valence-corrected chi connectivity index (χ4v) is 5.23. The molecule has 0 radical (unpaired) electrons. The summed E-state index contributed by atoms with van der Waals surface area (Å²) >= 11 is 0. The minimum atomic E-state index is -0.235. The van der Waals surface area contributed by atoms with Crippen LogP contribution >= 0.6 is 0 Å². The van der Waals surface area contributed by atoms with Crippen LogP contribution in [0.5, 0.6) is 11.5 Å². The van der Waals surface area contributed by atoms with E-state index in [1.807, 2.05) is 31.2 Å². The van der Waals surface area contributed by atoms with E-state index in [-0.39, 0.29) is 12.1 Å². The van der Waals surface area contributed by atoms with Gasteiger partial charge in [-0.3, -0.25) is 5.41 Å². The van der Waals surface area contributed by atoms with Gasteiger partial charge in [-0.2, -0.15) is 0 Å². The molecule has 2 amide bonds. The molecule has 2 aromatic carbocycles. The van der Waals surface area contributed by atoms with Crippen LogP contribution in [0.4, 0.5) is 10.5 Å². The summed E-state index contributed by atoms with van der Waals surface area (Å²) < 4.78 is 11.0. The largest absolute Gasteiger partial charge is 0.493 e. The Kier molecular flexibility index (Phi) is 7.80. The first-order valence-corrected chi connectivity index (χ1v) is 12.3. The summed E-state index contributed by atoms with van der Waals surface area (Å²) in [7, 11) is 4.78. The number of fused-ring (bicyclic) bond motifs is 3. The highest BCUT2D eigenvalue weighted by Gasteiger charge is 2.33. The molecule has 8 heteroatoms. The first-order valence-electron chi connectivity index (χ1n) is 12.3. The Morgan fingerprint density at radius 1 is 1.11 bits per heavy atom. The third-order valence-electron chi connectivity index (χ3n) is 7.19. The van der Waals surface area contributed by atoms with Crippen molar-refractivity contribution in [1.82, 2.24) is 15.5 Å². The Morgan fingerprint density at radius 2 is 1.77 bits per heavy atom. The number of carbonyl (C=O) groups excluding carboxylic acids is 1. The third kappa shape index (κ3) is 5.70. The number of nitrogens with one attached hydrogen (secondary N) is 4. The monoisotopic (exact) mass is 479 g/mol. The minimum absolute atomic E-state index is 0.132. The smallest absolute Gasteiger partial charge is 0.314 e. The molecular formula is C27H37N5O3. The number of rotatable bonds is 9. The number of methoxy groups -OCH3 is 2. The molecule has 5 rings (SSSR count). The van der Waals surface area contributed by atoms with Crippen molar-refractivity contribution in [3.05, 3.63) is 53.1 Å². The van der Waals surface area contributed by atoms with Crippen molar-refractivity contribution < 1.29 is 14.3 Å². The van der Waals surface area contributed by atoms with E-state index in [0.29, 0.717) is 29.7 Å². The number of hydrogen-bond donors (Lipinski definition) is 4. The third-order valence-corrected chi connectivity index (χ3v) is 7.19. The van der Waals surface area contributed by atoms with Gasteiger partial charge in [0, 0.05) is 42.5 Å². The number of piperidine rings is 3. The maximum Gasteiger partial charge on any atom is 0.314 e. The van der Waals surface area contributed by atoms with Crippen LogP contribution in [0.1, 0.15) is 36.5 Å². The van der Waals surface area contributed by atoms with Gasteiger partial charge in [0.1, 0.15) is 0 Å². The molecule has 188 valence electrons. The van der Waals surface area contributed by atoms with Gasteiger partial charge in [0.2, 0.25) is 0 Å². The fourth-order valence-electron chi connectivity index (χ4n) is 5.23. The second kappa shape index (κ2) is 11.0. The van der Waals surface area contributed by atoms with Crippen molar-refractivity contribution in [3.8, 4) is 11.5 Å². The summed E-state index contributed by atoms with van der Waals surface area (Å²) in [6.07, 6.45) is 3.09. The van der Waals surface area contributed by atoms with Crippen molar-refractivity contribution in [1.29, 1.82) is 5.41 Å². The maximum atomic E-state index is 11.8. The number of urea groups is 1. The molecule has 35 heavy (non-hydrogen) atoms. The SMILES string of the molecule is CNC(=O)N[C@@H](C)Cc1cc(OC)c(OC)cc1C(=N)c1ccc(NC2CN3CCC2CC3)cc1. The van der Waals surface area contributed by atoms with Gasteiger partial charge in [-0.05, 0) is 75.0 Å². The van der Waals surface area contributed by atoms with Gasteiger partial charge < -0.3 is 30.3 Å². The minimum Gasteiger partial charge on any atom is -0.493 e. The Morgan fingerprint density at radius 3 is 2.34 bits per heavy atom. The highest BCUT2D eigenvalue weighted by Crippen LogP contribution is 2.33. The Hall–Kier alpha value is -3.26. The molecule has 0 aliphatic carbocycles. The van der Waals surface area contributed by atoms with Gasteiger partial charge in [0.15, 0.2) is 11.5 Å². The van der Waals surface area contributed by atoms with Crippen LogP contribution in [0.3, 0.4) is 0 Å². The fraction of sp³-hybridized carbons (Fsp3) is 0.481. The normalized spacial score (nSPS) is 21.7. The van der Waals surface area contributed by atoms with Crippen molar-refractivity contribution >= 4 is 17.4 Å². The van der Waals surface area contributed by atoms with Crippen LogP contribution in [0.2, 0.25) is 0 Å². The van der Waals surface area contributed by atoms with E-state index >= 15 is 0 Å². The van der Waals surface area contributed by atoms with Crippen molar-refractivity contribution in [2.45, 2.75) is 38.3 Å². The van der Waals surface area contributed by atoms with Crippen molar-refractivity contribution in [2.75, 3.05) is 46.2 Å². The van der Waals surface area contributed by atoms with Crippen LogP contribution in [0, 0.1) is 11.3 Å². The second-order valence-corrected chi connectivity index (χ2v) is 9.53. The summed E-state index contributed by atoms with van der Waals surface area (Å²) in [6, 6.07) is 12.0. The first kappa shape index (κ1) is 24.9. The molecule has 3 aliphatic rings. The first-order chi connectivity index (χ1) is 16.9. The molecule has 3 saturated heterocycles. The molecule has 3 fully saturated rings. The molecule has 2 atom stereocenters. The van der Waals surface area contributed by atoms with Crippen LogP contribution in [-0.2, 0) is 6.42 Å². The van der Waals surface area contributed by atoms with Gasteiger partial charge in [-0.15, -0.1) is 0 Å². The topological polar surface area (TPSA) is 98.7 Å². The predicted molar refractivity (Wildman–Crippen MR) is 139 cm³/mol. The van der Waals surface area contributed by atoms with E-state index in [0.717, 1.165) is 34.8 Å². The average molecular weight is 480 g/mol. The zero-order chi connectivity index (χ0) is 24.9. The van der Waals surface area contributed by atoms with Gasteiger partial charge in [0.05, 0.1) is 19.9 Å². The van der Waals surface area contributed by atoms with Crippen LogP contribution in [0.25, 0.3) is 0 Å². The second-order valence-electron chi connectivity index (χ2n) is 9.53. The molecule has 8 nitrogen and oxygen atoms in total. The lowest BCUT2D eigenvalue weighted by molar-refractivity contribution is 0.0975. The lowest BCUT2D eigenvalue weighted by atomic mass is 9.84. The van der Waals surface area contributed by atoms with Gasteiger partial charge in [-0.25, -0.2) is 4.79 Å². The Bertz CT molecular complexity index is 1050. The average Bonchev–Trinajstić information content (AvgIpc) is 2.89. The summed E-state index contributed by atoms with van der Waals surface area (Å²) in [5.74, 6) is 1.92.